The minimum Gasteiger partial charge on any atom is -0.249 e. The molecule has 0 atom stereocenters. The number of rotatable bonds is 2. The van der Waals surface area contributed by atoms with E-state index in [1.54, 1.807) is 0 Å². The Hall–Kier alpha value is -0.800. The molecule has 0 aliphatic heterocycles. The molecular formula is C14H14BrClN2. The Morgan fingerprint density at radius 2 is 2.11 bits per heavy atom. The highest BCUT2D eigenvalue weighted by Crippen LogP contribution is 2.28. The maximum absolute atomic E-state index is 6.42. The van der Waals surface area contributed by atoms with Crippen molar-refractivity contribution in [3.63, 3.8) is 0 Å². The largest absolute Gasteiger partial charge is 0.249 e. The standard InChI is InChI=1S/C14H14BrClN2/c15-11-5-3-4-10(8-11)9-18-14(16)12-6-1-2-7-13(12)17-18/h3-5,8H,1-2,6-7,9H2. The molecule has 94 valence electrons. The fraction of sp³-hybridized carbons (Fsp3) is 0.357. The smallest absolute Gasteiger partial charge is 0.130 e. The van der Waals surface area contributed by atoms with Crippen LogP contribution in [0.15, 0.2) is 28.7 Å². The number of fused-ring (bicyclic) bond motifs is 1. The van der Waals surface area contributed by atoms with Crippen LogP contribution in [0, 0.1) is 0 Å². The summed E-state index contributed by atoms with van der Waals surface area (Å²) in [6.07, 6.45) is 4.61. The van der Waals surface area contributed by atoms with Crippen molar-refractivity contribution in [2.24, 2.45) is 0 Å². The van der Waals surface area contributed by atoms with Crippen LogP contribution in [0.25, 0.3) is 0 Å². The van der Waals surface area contributed by atoms with Gasteiger partial charge in [0.1, 0.15) is 5.15 Å². The number of benzene rings is 1. The van der Waals surface area contributed by atoms with Gasteiger partial charge in [0.15, 0.2) is 0 Å². The third-order valence-electron chi connectivity index (χ3n) is 3.38. The Kier molecular flexibility index (Phi) is 3.44. The van der Waals surface area contributed by atoms with E-state index in [1.165, 1.54) is 29.7 Å². The van der Waals surface area contributed by atoms with Gasteiger partial charge < -0.3 is 0 Å². The van der Waals surface area contributed by atoms with Crippen LogP contribution in [0.4, 0.5) is 0 Å². The second-order valence-corrected chi connectivity index (χ2v) is 5.98. The molecular weight excluding hydrogens is 312 g/mol. The SMILES string of the molecule is Clc1c2c(nn1Cc1cccc(Br)c1)CCCC2. The molecule has 0 saturated carbocycles. The molecule has 0 fully saturated rings. The van der Waals surface area contributed by atoms with Crippen LogP contribution in [0.3, 0.4) is 0 Å². The van der Waals surface area contributed by atoms with Crippen molar-refractivity contribution in [3.8, 4) is 0 Å². The lowest BCUT2D eigenvalue weighted by Gasteiger charge is -2.08. The van der Waals surface area contributed by atoms with Gasteiger partial charge in [0.2, 0.25) is 0 Å². The third kappa shape index (κ3) is 2.34. The van der Waals surface area contributed by atoms with Crippen LogP contribution >= 0.6 is 27.5 Å². The molecule has 2 aromatic rings. The van der Waals surface area contributed by atoms with Crippen molar-refractivity contribution >= 4 is 27.5 Å². The van der Waals surface area contributed by atoms with Gasteiger partial charge in [0.05, 0.1) is 12.2 Å². The predicted molar refractivity (Wildman–Crippen MR) is 77.1 cm³/mol. The molecule has 0 radical (unpaired) electrons. The second kappa shape index (κ2) is 5.06. The molecule has 3 rings (SSSR count). The van der Waals surface area contributed by atoms with Gasteiger partial charge >= 0.3 is 0 Å². The summed E-state index contributed by atoms with van der Waals surface area (Å²) in [6.45, 7) is 0.741. The summed E-state index contributed by atoms with van der Waals surface area (Å²) < 4.78 is 3.02. The van der Waals surface area contributed by atoms with Gasteiger partial charge in [-0.05, 0) is 43.4 Å². The molecule has 0 spiro atoms. The normalized spacial score (nSPS) is 14.6. The molecule has 18 heavy (non-hydrogen) atoms. The lowest BCUT2D eigenvalue weighted by molar-refractivity contribution is 0.646. The second-order valence-electron chi connectivity index (χ2n) is 4.71. The van der Waals surface area contributed by atoms with E-state index in [4.69, 9.17) is 11.6 Å². The molecule has 0 bridgehead atoms. The van der Waals surface area contributed by atoms with E-state index in [1.807, 2.05) is 16.8 Å². The molecule has 0 saturated heterocycles. The lowest BCUT2D eigenvalue weighted by atomic mass is 9.99. The van der Waals surface area contributed by atoms with Crippen molar-refractivity contribution in [1.29, 1.82) is 0 Å². The van der Waals surface area contributed by atoms with Crippen LogP contribution in [0.5, 0.6) is 0 Å². The quantitative estimate of drug-likeness (QED) is 0.808. The molecule has 0 amide bonds. The van der Waals surface area contributed by atoms with Crippen molar-refractivity contribution in [2.45, 2.75) is 32.2 Å². The molecule has 4 heteroatoms. The molecule has 0 N–H and O–H groups in total. The van der Waals surface area contributed by atoms with E-state index in [9.17, 15) is 0 Å². The summed E-state index contributed by atoms with van der Waals surface area (Å²) in [4.78, 5) is 0. The predicted octanol–water partition coefficient (Wildman–Crippen LogP) is 4.23. The zero-order valence-corrected chi connectivity index (χ0v) is 12.3. The first-order valence-corrected chi connectivity index (χ1v) is 7.39. The Balaban J connectivity index is 1.91. The molecule has 1 heterocycles. The van der Waals surface area contributed by atoms with Gasteiger partial charge in [-0.25, -0.2) is 4.68 Å². The van der Waals surface area contributed by atoms with E-state index in [-0.39, 0.29) is 0 Å². The monoisotopic (exact) mass is 324 g/mol. The number of hydrogen-bond donors (Lipinski definition) is 0. The Morgan fingerprint density at radius 1 is 1.28 bits per heavy atom. The van der Waals surface area contributed by atoms with E-state index in [0.717, 1.165) is 29.0 Å². The van der Waals surface area contributed by atoms with Gasteiger partial charge in [-0.15, -0.1) is 0 Å². The molecule has 1 aliphatic carbocycles. The lowest BCUT2D eigenvalue weighted by Crippen LogP contribution is -2.02. The Morgan fingerprint density at radius 3 is 2.89 bits per heavy atom. The van der Waals surface area contributed by atoms with Gasteiger partial charge in [-0.3, -0.25) is 0 Å². The Labute approximate surface area is 120 Å². The summed E-state index contributed by atoms with van der Waals surface area (Å²) in [7, 11) is 0. The number of halogens is 2. The van der Waals surface area contributed by atoms with E-state index in [2.05, 4.69) is 33.2 Å². The molecule has 0 unspecified atom stereocenters. The molecule has 1 aromatic carbocycles. The number of aromatic nitrogens is 2. The van der Waals surface area contributed by atoms with Gasteiger partial charge in [-0.2, -0.15) is 5.10 Å². The zero-order valence-electron chi connectivity index (χ0n) is 10.00. The van der Waals surface area contributed by atoms with Gasteiger partial charge in [0, 0.05) is 10.0 Å². The van der Waals surface area contributed by atoms with Crippen LogP contribution in [-0.4, -0.2) is 9.78 Å². The summed E-state index contributed by atoms with van der Waals surface area (Å²) in [6, 6.07) is 8.27. The fourth-order valence-electron chi connectivity index (χ4n) is 2.48. The third-order valence-corrected chi connectivity index (χ3v) is 4.29. The maximum Gasteiger partial charge on any atom is 0.130 e. The highest BCUT2D eigenvalue weighted by molar-refractivity contribution is 9.10. The first-order chi connectivity index (χ1) is 8.74. The van der Waals surface area contributed by atoms with Gasteiger partial charge in [-0.1, -0.05) is 39.7 Å². The van der Waals surface area contributed by atoms with Crippen LogP contribution in [0.2, 0.25) is 5.15 Å². The number of nitrogens with zero attached hydrogens (tertiary/aromatic N) is 2. The van der Waals surface area contributed by atoms with E-state index in [0.29, 0.717) is 0 Å². The van der Waals surface area contributed by atoms with E-state index >= 15 is 0 Å². The average Bonchev–Trinajstić information content (AvgIpc) is 2.67. The molecule has 1 aliphatic rings. The first-order valence-electron chi connectivity index (χ1n) is 6.22. The first kappa shape index (κ1) is 12.2. The fourth-order valence-corrected chi connectivity index (χ4v) is 3.23. The van der Waals surface area contributed by atoms with Crippen molar-refractivity contribution < 1.29 is 0 Å². The van der Waals surface area contributed by atoms with Crippen molar-refractivity contribution in [3.05, 3.63) is 50.7 Å². The molecule has 1 aromatic heterocycles. The van der Waals surface area contributed by atoms with Crippen molar-refractivity contribution in [1.82, 2.24) is 9.78 Å². The highest BCUT2D eigenvalue weighted by atomic mass is 79.9. The minimum absolute atomic E-state index is 0.741. The number of hydrogen-bond acceptors (Lipinski definition) is 1. The van der Waals surface area contributed by atoms with Crippen LogP contribution in [0.1, 0.15) is 29.7 Å². The summed E-state index contributed by atoms with van der Waals surface area (Å²) in [5.41, 5.74) is 3.67. The average molecular weight is 326 g/mol. The molecule has 2 nitrogen and oxygen atoms in total. The minimum atomic E-state index is 0.741. The number of aryl methyl sites for hydroxylation is 1. The Bertz CT molecular complexity index is 577. The topological polar surface area (TPSA) is 17.8 Å². The van der Waals surface area contributed by atoms with Gasteiger partial charge in [0.25, 0.3) is 0 Å². The summed E-state index contributed by atoms with van der Waals surface area (Å²) >= 11 is 9.91. The maximum atomic E-state index is 6.42. The van der Waals surface area contributed by atoms with Crippen molar-refractivity contribution in [2.75, 3.05) is 0 Å². The van der Waals surface area contributed by atoms with E-state index < -0.39 is 0 Å². The zero-order chi connectivity index (χ0) is 12.5. The highest BCUT2D eigenvalue weighted by Gasteiger charge is 2.19. The summed E-state index contributed by atoms with van der Waals surface area (Å²) in [5, 5.41) is 5.47. The summed E-state index contributed by atoms with van der Waals surface area (Å²) in [5.74, 6) is 0. The van der Waals surface area contributed by atoms with Crippen LogP contribution < -0.4 is 0 Å². The van der Waals surface area contributed by atoms with Crippen LogP contribution in [-0.2, 0) is 19.4 Å².